The summed E-state index contributed by atoms with van der Waals surface area (Å²) in [7, 11) is 3.37. The smallest absolute Gasteiger partial charge is 0.226 e. The number of ether oxygens (including phenoxy) is 1. The van der Waals surface area contributed by atoms with Gasteiger partial charge >= 0.3 is 0 Å². The molecule has 1 saturated heterocycles. The van der Waals surface area contributed by atoms with Crippen molar-refractivity contribution in [1.29, 1.82) is 0 Å². The van der Waals surface area contributed by atoms with Gasteiger partial charge in [0.1, 0.15) is 11.6 Å². The number of nitrogens with zero attached hydrogens (tertiary/aromatic N) is 3. The zero-order valence-corrected chi connectivity index (χ0v) is 34.8. The molecule has 1 aliphatic heterocycles. The van der Waals surface area contributed by atoms with Crippen molar-refractivity contribution in [3.8, 4) is 0 Å². The van der Waals surface area contributed by atoms with Crippen molar-refractivity contribution in [2.24, 2.45) is 41.4 Å². The summed E-state index contributed by atoms with van der Waals surface area (Å²) >= 11 is 1.56. The number of thiazole rings is 1. The van der Waals surface area contributed by atoms with Gasteiger partial charge in [-0.3, -0.25) is 19.2 Å². The second-order valence-electron chi connectivity index (χ2n) is 16.2. The fourth-order valence-electron chi connectivity index (χ4n) is 8.07. The van der Waals surface area contributed by atoms with Gasteiger partial charge in [0.15, 0.2) is 0 Å². The van der Waals surface area contributed by atoms with Gasteiger partial charge in [0.25, 0.3) is 0 Å². The fourth-order valence-corrected chi connectivity index (χ4v) is 8.81. The van der Waals surface area contributed by atoms with E-state index in [0.717, 1.165) is 23.4 Å². The monoisotopic (exact) mass is 753 g/mol. The maximum atomic E-state index is 14.2. The lowest BCUT2D eigenvalue weighted by atomic mass is 9.80. The van der Waals surface area contributed by atoms with Crippen LogP contribution in [-0.4, -0.2) is 88.8 Å². The van der Waals surface area contributed by atoms with Crippen LogP contribution in [0.3, 0.4) is 0 Å². The van der Waals surface area contributed by atoms with Crippen LogP contribution in [0.15, 0.2) is 41.9 Å². The van der Waals surface area contributed by atoms with Crippen molar-refractivity contribution in [2.45, 2.75) is 124 Å². The number of aliphatic hydroxyl groups is 1. The van der Waals surface area contributed by atoms with E-state index in [0.29, 0.717) is 25.8 Å². The number of benzene rings is 1. The number of methoxy groups -OCH3 is 1. The van der Waals surface area contributed by atoms with E-state index in [1.807, 2.05) is 70.0 Å². The van der Waals surface area contributed by atoms with Crippen molar-refractivity contribution < 1.29 is 29.0 Å². The Hall–Kier alpha value is -2.95. The minimum atomic E-state index is -0.575. The van der Waals surface area contributed by atoms with Gasteiger partial charge in [-0.25, -0.2) is 4.98 Å². The molecule has 0 radical (unpaired) electrons. The molecule has 53 heavy (non-hydrogen) atoms. The number of carbonyl (C=O) groups is 4. The average molecular weight is 754 g/mol. The van der Waals surface area contributed by atoms with Gasteiger partial charge in [0.2, 0.25) is 11.8 Å². The van der Waals surface area contributed by atoms with Gasteiger partial charge in [0.05, 0.1) is 23.6 Å². The number of likely N-dealkylation sites (N-methyl/N-ethyl adjacent to an activating group) is 1. The molecular formula is C43H67N3O6S. The van der Waals surface area contributed by atoms with Crippen molar-refractivity contribution in [3.63, 3.8) is 0 Å². The van der Waals surface area contributed by atoms with Crippen LogP contribution in [-0.2, 0) is 30.3 Å². The Bertz CT molecular complexity index is 1430. The number of hydrogen-bond acceptors (Lipinski definition) is 8. The second kappa shape index (κ2) is 21.2. The highest BCUT2D eigenvalue weighted by Crippen LogP contribution is 2.35. The van der Waals surface area contributed by atoms with Crippen LogP contribution in [0.4, 0.5) is 0 Å². The molecule has 1 aromatic heterocycles. The van der Waals surface area contributed by atoms with E-state index in [4.69, 9.17) is 4.74 Å². The Morgan fingerprint density at radius 1 is 0.962 bits per heavy atom. The van der Waals surface area contributed by atoms with Gasteiger partial charge in [-0.05, 0) is 42.6 Å². The van der Waals surface area contributed by atoms with Crippen molar-refractivity contribution >= 4 is 34.7 Å². The zero-order valence-electron chi connectivity index (χ0n) is 34.0. The summed E-state index contributed by atoms with van der Waals surface area (Å²) in [5.41, 5.74) is 1.14. The first-order valence-electron chi connectivity index (χ1n) is 19.8. The number of Topliss-reactive ketones (excluding diaryl/α,β-unsaturated/α-hetero) is 2. The topological polar surface area (TPSA) is 117 Å². The molecular weight excluding hydrogens is 687 g/mol. The summed E-state index contributed by atoms with van der Waals surface area (Å²) in [5, 5.41) is 13.6. The van der Waals surface area contributed by atoms with Crippen molar-refractivity contribution in [3.05, 3.63) is 52.5 Å². The average Bonchev–Trinajstić information content (AvgIpc) is 3.86. The number of aromatic nitrogens is 1. The number of ketones is 2. The zero-order chi connectivity index (χ0) is 39.4. The third kappa shape index (κ3) is 11.8. The number of rotatable bonds is 22. The van der Waals surface area contributed by atoms with E-state index in [2.05, 4.69) is 31.0 Å². The second-order valence-corrected chi connectivity index (χ2v) is 17.1. The number of aliphatic hydroxyl groups excluding tert-OH is 1. The number of likely N-dealkylation sites (tertiary alicyclic amines) is 1. The van der Waals surface area contributed by atoms with Gasteiger partial charge in [-0.1, -0.05) is 92.1 Å². The number of carbonyl (C=O) groups excluding carboxylic acids is 4. The lowest BCUT2D eigenvalue weighted by Gasteiger charge is -2.41. The largest absolute Gasteiger partial charge is 0.396 e. The van der Waals surface area contributed by atoms with Gasteiger partial charge in [-0.15, -0.1) is 11.3 Å². The molecule has 296 valence electrons. The number of hydrogen-bond donors (Lipinski definition) is 1. The third-order valence-electron chi connectivity index (χ3n) is 12.2. The van der Waals surface area contributed by atoms with Crippen LogP contribution in [0, 0.1) is 41.4 Å². The first kappa shape index (κ1) is 44.4. The Morgan fingerprint density at radius 3 is 2.17 bits per heavy atom. The van der Waals surface area contributed by atoms with E-state index in [9.17, 15) is 24.3 Å². The molecule has 1 aliphatic rings. The summed E-state index contributed by atoms with van der Waals surface area (Å²) in [6.45, 7) is 16.3. The lowest BCUT2D eigenvalue weighted by molar-refractivity contribution is -0.148. The summed E-state index contributed by atoms with van der Waals surface area (Å²) in [4.78, 5) is 63.7. The van der Waals surface area contributed by atoms with E-state index in [-0.39, 0.29) is 84.5 Å². The summed E-state index contributed by atoms with van der Waals surface area (Å²) in [6.07, 6.45) is 4.73. The van der Waals surface area contributed by atoms with Crippen molar-refractivity contribution in [2.75, 3.05) is 27.3 Å². The first-order chi connectivity index (χ1) is 25.2. The minimum Gasteiger partial charge on any atom is -0.396 e. The predicted molar refractivity (Wildman–Crippen MR) is 212 cm³/mol. The molecule has 0 aliphatic carbocycles. The molecule has 0 spiro atoms. The van der Waals surface area contributed by atoms with E-state index in [1.165, 1.54) is 0 Å². The van der Waals surface area contributed by atoms with Crippen LogP contribution < -0.4 is 0 Å². The van der Waals surface area contributed by atoms with Crippen LogP contribution in [0.1, 0.15) is 110 Å². The highest BCUT2D eigenvalue weighted by Gasteiger charge is 2.42. The Morgan fingerprint density at radius 2 is 1.62 bits per heavy atom. The predicted octanol–water partition coefficient (Wildman–Crippen LogP) is 7.47. The SMILES string of the molecule is CC[C@H](C)[C@@H]([C@@H](CC(=O)N1CCC[C@H]1[C@H](CO)[C@@H](C)C(=O)C[C@@H](Cc1ccccc1)c1nccs1)OC)N(C)C(=O)[C@@H](CC(=O)[C@@H](C)C(C)C)C(C)C. The van der Waals surface area contributed by atoms with E-state index < -0.39 is 23.9 Å². The molecule has 2 amide bonds. The quantitative estimate of drug-likeness (QED) is 0.133. The fraction of sp³-hybridized carbons (Fsp3) is 0.698. The highest BCUT2D eigenvalue weighted by atomic mass is 32.1. The van der Waals surface area contributed by atoms with Gasteiger partial charge in [-0.2, -0.15) is 0 Å². The van der Waals surface area contributed by atoms with Crippen molar-refractivity contribution in [1.82, 2.24) is 14.8 Å². The Balaban J connectivity index is 1.78. The summed E-state index contributed by atoms with van der Waals surface area (Å²) in [6, 6.07) is 9.45. The lowest BCUT2D eigenvalue weighted by Crippen LogP contribution is -2.53. The van der Waals surface area contributed by atoms with Crippen LogP contribution in [0.2, 0.25) is 0 Å². The first-order valence-corrected chi connectivity index (χ1v) is 20.7. The minimum absolute atomic E-state index is 0.0266. The van der Waals surface area contributed by atoms with Crippen LogP contribution in [0.25, 0.3) is 0 Å². The number of amides is 2. The normalized spacial score (nSPS) is 19.3. The molecule has 1 N–H and O–H groups in total. The molecule has 0 unspecified atom stereocenters. The van der Waals surface area contributed by atoms with Gasteiger partial charge < -0.3 is 19.6 Å². The van der Waals surface area contributed by atoms with Crippen LogP contribution in [0.5, 0.6) is 0 Å². The summed E-state index contributed by atoms with van der Waals surface area (Å²) in [5.74, 6) is -1.38. The molecule has 1 aromatic carbocycles. The standard InChI is InChI=1S/C43H67N3O6S/c1-11-29(6)41(45(9)43(51)34(28(4)5)24-38(49)30(7)27(2)3)39(52-10)25-40(50)46-20-15-18-36(46)35(26-47)31(8)37(48)23-33(42-44-19-21-53-42)22-32-16-13-12-14-17-32/h12-14,16-17,19,21,27-31,33-36,39,41,47H,11,15,18,20,22-26H2,1-10H3/t29-,30-,31+,33+,34-,35+,36-,39+,41-/m0/s1. The third-order valence-corrected chi connectivity index (χ3v) is 13.1. The molecule has 9 nitrogen and oxygen atoms in total. The maximum Gasteiger partial charge on any atom is 0.226 e. The Kier molecular flexibility index (Phi) is 17.8. The molecule has 10 heteroatoms. The molecule has 9 atom stereocenters. The van der Waals surface area contributed by atoms with Gasteiger partial charge in [0, 0.05) is 87.4 Å². The molecule has 2 aromatic rings. The van der Waals surface area contributed by atoms with E-state index in [1.54, 1.807) is 36.6 Å². The molecule has 0 saturated carbocycles. The molecule has 1 fully saturated rings. The van der Waals surface area contributed by atoms with Crippen LogP contribution >= 0.6 is 11.3 Å². The highest BCUT2D eigenvalue weighted by molar-refractivity contribution is 7.09. The molecule has 3 rings (SSSR count). The van der Waals surface area contributed by atoms with E-state index >= 15 is 0 Å². The Labute approximate surface area is 323 Å². The molecule has 2 heterocycles. The summed E-state index contributed by atoms with van der Waals surface area (Å²) < 4.78 is 6.05. The molecule has 0 bridgehead atoms. The maximum absolute atomic E-state index is 14.2.